The van der Waals surface area contributed by atoms with Gasteiger partial charge < -0.3 is 14.8 Å². The Morgan fingerprint density at radius 1 is 1.31 bits per heavy atom. The zero-order valence-corrected chi connectivity index (χ0v) is 9.48. The maximum atomic E-state index is 11.8. The van der Waals surface area contributed by atoms with Crippen molar-refractivity contribution in [2.45, 2.75) is 25.6 Å². The van der Waals surface area contributed by atoms with E-state index >= 15 is 0 Å². The van der Waals surface area contributed by atoms with Crippen molar-refractivity contribution in [3.05, 3.63) is 0 Å². The molecular formula is C9H16F3NO3. The van der Waals surface area contributed by atoms with Crippen LogP contribution in [-0.4, -0.2) is 44.6 Å². The van der Waals surface area contributed by atoms with Crippen molar-refractivity contribution in [1.29, 1.82) is 0 Å². The summed E-state index contributed by atoms with van der Waals surface area (Å²) in [5.41, 5.74) is -1.26. The molecule has 0 amide bonds. The number of alkyl halides is 3. The van der Waals surface area contributed by atoms with Crippen LogP contribution >= 0.6 is 0 Å². The average molecular weight is 243 g/mol. The Bertz CT molecular complexity index is 233. The van der Waals surface area contributed by atoms with Gasteiger partial charge in [0.1, 0.15) is 12.1 Å². The van der Waals surface area contributed by atoms with Crippen LogP contribution in [0.2, 0.25) is 0 Å². The van der Waals surface area contributed by atoms with Crippen LogP contribution in [-0.2, 0) is 14.3 Å². The van der Waals surface area contributed by atoms with Gasteiger partial charge in [-0.1, -0.05) is 6.92 Å². The summed E-state index contributed by atoms with van der Waals surface area (Å²) >= 11 is 0. The number of likely N-dealkylation sites (N-methyl/N-ethyl adjacent to an activating group) is 1. The third-order valence-corrected chi connectivity index (χ3v) is 1.86. The highest BCUT2D eigenvalue weighted by Crippen LogP contribution is 2.16. The van der Waals surface area contributed by atoms with E-state index in [1.807, 2.05) is 0 Å². The molecule has 0 heterocycles. The number of hydrogen-bond acceptors (Lipinski definition) is 4. The van der Waals surface area contributed by atoms with E-state index in [2.05, 4.69) is 14.8 Å². The highest BCUT2D eigenvalue weighted by atomic mass is 19.4. The van der Waals surface area contributed by atoms with Crippen molar-refractivity contribution in [3.63, 3.8) is 0 Å². The normalized spacial score (nSPS) is 15.6. The predicted molar refractivity (Wildman–Crippen MR) is 51.0 cm³/mol. The van der Waals surface area contributed by atoms with Gasteiger partial charge in [-0.2, -0.15) is 13.2 Å². The Balaban J connectivity index is 4.28. The maximum absolute atomic E-state index is 11.8. The lowest BCUT2D eigenvalue weighted by Crippen LogP contribution is -2.54. The highest BCUT2D eigenvalue weighted by Gasteiger charge is 2.36. The monoisotopic (exact) mass is 243 g/mol. The summed E-state index contributed by atoms with van der Waals surface area (Å²) in [6.07, 6.45) is -4.40. The van der Waals surface area contributed by atoms with Crippen LogP contribution < -0.4 is 5.32 Å². The molecule has 0 aliphatic rings. The highest BCUT2D eigenvalue weighted by molar-refractivity contribution is 5.80. The zero-order valence-electron chi connectivity index (χ0n) is 9.48. The van der Waals surface area contributed by atoms with Crippen molar-refractivity contribution >= 4 is 5.97 Å². The van der Waals surface area contributed by atoms with Crippen molar-refractivity contribution in [3.8, 4) is 0 Å². The van der Waals surface area contributed by atoms with Crippen LogP contribution in [0.15, 0.2) is 0 Å². The van der Waals surface area contributed by atoms with E-state index < -0.39 is 30.9 Å². The molecule has 16 heavy (non-hydrogen) atoms. The van der Waals surface area contributed by atoms with Gasteiger partial charge in [0.2, 0.25) is 0 Å². The summed E-state index contributed by atoms with van der Waals surface area (Å²) in [6.45, 7) is 1.79. The molecule has 1 N–H and O–H groups in total. The molecule has 0 bridgehead atoms. The van der Waals surface area contributed by atoms with Gasteiger partial charge in [-0.3, -0.25) is 0 Å². The smallest absolute Gasteiger partial charge is 0.411 e. The molecule has 0 saturated heterocycles. The first kappa shape index (κ1) is 15.2. The minimum Gasteiger partial charge on any atom is -0.468 e. The molecule has 0 aliphatic carbocycles. The van der Waals surface area contributed by atoms with Crippen LogP contribution in [0.4, 0.5) is 13.2 Å². The summed E-state index contributed by atoms with van der Waals surface area (Å²) in [4.78, 5) is 11.3. The molecule has 7 heteroatoms. The van der Waals surface area contributed by atoms with Gasteiger partial charge >= 0.3 is 12.1 Å². The lowest BCUT2D eigenvalue weighted by molar-refractivity contribution is -0.182. The molecule has 0 radical (unpaired) electrons. The number of ether oxygens (including phenoxy) is 2. The molecule has 0 rings (SSSR count). The Hall–Kier alpha value is -0.820. The molecule has 0 aromatic rings. The second-order valence-corrected chi connectivity index (χ2v) is 3.46. The van der Waals surface area contributed by atoms with Gasteiger partial charge in [0.25, 0.3) is 0 Å². The summed E-state index contributed by atoms with van der Waals surface area (Å²) < 4.78 is 44.5. The number of rotatable bonds is 6. The zero-order chi connectivity index (χ0) is 12.8. The standard InChI is InChI=1S/C9H16F3NO3/c1-4-13-8(2,7(14)15-3)5-16-6-9(10,11)12/h13H,4-6H2,1-3H3. The molecule has 0 fully saturated rings. The van der Waals surface area contributed by atoms with Crippen LogP contribution in [0.25, 0.3) is 0 Å². The fraction of sp³-hybridized carbons (Fsp3) is 0.889. The number of nitrogens with one attached hydrogen (secondary N) is 1. The summed E-state index contributed by atoms with van der Waals surface area (Å²) in [6, 6.07) is 0. The van der Waals surface area contributed by atoms with Gasteiger partial charge in [-0.25, -0.2) is 4.79 Å². The number of carbonyl (C=O) groups excluding carboxylic acids is 1. The Labute approximate surface area is 92.1 Å². The van der Waals surface area contributed by atoms with Gasteiger partial charge in [0, 0.05) is 0 Å². The van der Waals surface area contributed by atoms with Crippen LogP contribution in [0.1, 0.15) is 13.8 Å². The Morgan fingerprint density at radius 2 is 1.88 bits per heavy atom. The number of esters is 1. The summed E-state index contributed by atoms with van der Waals surface area (Å²) in [5, 5.41) is 2.73. The fourth-order valence-electron chi connectivity index (χ4n) is 1.17. The van der Waals surface area contributed by atoms with Crippen molar-refractivity contribution in [1.82, 2.24) is 5.32 Å². The third-order valence-electron chi connectivity index (χ3n) is 1.86. The number of hydrogen-bond donors (Lipinski definition) is 1. The van der Waals surface area contributed by atoms with Crippen molar-refractivity contribution < 1.29 is 27.4 Å². The first-order chi connectivity index (χ1) is 7.25. The summed E-state index contributed by atoms with van der Waals surface area (Å²) in [7, 11) is 1.17. The molecule has 1 unspecified atom stereocenters. The van der Waals surface area contributed by atoms with Crippen molar-refractivity contribution in [2.75, 3.05) is 26.9 Å². The minimum atomic E-state index is -4.40. The van der Waals surface area contributed by atoms with Crippen LogP contribution in [0, 0.1) is 0 Å². The van der Waals surface area contributed by atoms with Crippen molar-refractivity contribution in [2.24, 2.45) is 0 Å². The Morgan fingerprint density at radius 3 is 2.25 bits per heavy atom. The van der Waals surface area contributed by atoms with Crippen LogP contribution in [0.5, 0.6) is 0 Å². The molecular weight excluding hydrogens is 227 g/mol. The first-order valence-electron chi connectivity index (χ1n) is 4.73. The Kier molecular flexibility index (Phi) is 5.74. The molecule has 96 valence electrons. The largest absolute Gasteiger partial charge is 0.468 e. The van der Waals surface area contributed by atoms with Gasteiger partial charge in [-0.05, 0) is 13.5 Å². The maximum Gasteiger partial charge on any atom is 0.411 e. The van der Waals surface area contributed by atoms with E-state index in [0.717, 1.165) is 0 Å². The van der Waals surface area contributed by atoms with Gasteiger partial charge in [0.15, 0.2) is 0 Å². The fourth-order valence-corrected chi connectivity index (χ4v) is 1.17. The van der Waals surface area contributed by atoms with E-state index in [1.165, 1.54) is 14.0 Å². The molecule has 0 aromatic heterocycles. The van der Waals surface area contributed by atoms with E-state index in [0.29, 0.717) is 6.54 Å². The topological polar surface area (TPSA) is 47.6 Å². The lowest BCUT2D eigenvalue weighted by atomic mass is 10.0. The number of carbonyl (C=O) groups is 1. The number of methoxy groups -OCH3 is 1. The van der Waals surface area contributed by atoms with Gasteiger partial charge in [-0.15, -0.1) is 0 Å². The average Bonchev–Trinajstić information content (AvgIpc) is 2.14. The molecule has 0 aliphatic heterocycles. The molecule has 4 nitrogen and oxygen atoms in total. The van der Waals surface area contributed by atoms with E-state index in [-0.39, 0.29) is 0 Å². The minimum absolute atomic E-state index is 0.396. The number of halogens is 3. The lowest BCUT2D eigenvalue weighted by Gasteiger charge is -2.27. The quantitative estimate of drug-likeness (QED) is 0.710. The summed E-state index contributed by atoms with van der Waals surface area (Å²) in [5.74, 6) is -0.656. The molecule has 0 aromatic carbocycles. The van der Waals surface area contributed by atoms with E-state index in [9.17, 15) is 18.0 Å². The molecule has 1 atom stereocenters. The van der Waals surface area contributed by atoms with E-state index in [4.69, 9.17) is 0 Å². The third kappa shape index (κ3) is 5.32. The molecule has 0 saturated carbocycles. The van der Waals surface area contributed by atoms with Crippen LogP contribution in [0.3, 0.4) is 0 Å². The molecule has 0 spiro atoms. The second-order valence-electron chi connectivity index (χ2n) is 3.46. The first-order valence-corrected chi connectivity index (χ1v) is 4.73. The van der Waals surface area contributed by atoms with E-state index in [1.54, 1.807) is 6.92 Å². The second kappa shape index (κ2) is 6.05. The van der Waals surface area contributed by atoms with Gasteiger partial charge in [0.05, 0.1) is 13.7 Å². The predicted octanol–water partition coefficient (Wildman–Crippen LogP) is 1.11. The SMILES string of the molecule is CCNC(C)(COCC(F)(F)F)C(=O)OC.